The Hall–Kier alpha value is -1.75. The summed E-state index contributed by atoms with van der Waals surface area (Å²) in [7, 11) is 0. The number of para-hydroxylation sites is 1. The van der Waals surface area contributed by atoms with E-state index in [2.05, 4.69) is 5.32 Å². The predicted octanol–water partition coefficient (Wildman–Crippen LogP) is 5.29. The summed E-state index contributed by atoms with van der Waals surface area (Å²) in [6, 6.07) is 10.1. The zero-order valence-corrected chi connectivity index (χ0v) is 14.6. The average Bonchev–Trinajstić information content (AvgIpc) is 2.54. The van der Waals surface area contributed by atoms with Crippen molar-refractivity contribution in [3.63, 3.8) is 0 Å². The Balaban J connectivity index is 2.43. The SMILES string of the molecule is Cc1ccc(Cl)c(Nc2ccccc2C(=O)N(O)C(C)C)c1Cl. The highest BCUT2D eigenvalue weighted by Crippen LogP contribution is 2.36. The fourth-order valence-electron chi connectivity index (χ4n) is 2.04. The molecule has 0 bridgehead atoms. The number of halogens is 2. The summed E-state index contributed by atoms with van der Waals surface area (Å²) in [5, 5.41) is 14.6. The van der Waals surface area contributed by atoms with E-state index in [1.165, 1.54) is 0 Å². The molecule has 0 aromatic heterocycles. The van der Waals surface area contributed by atoms with Gasteiger partial charge in [0.25, 0.3) is 5.91 Å². The first-order valence-electron chi connectivity index (χ1n) is 7.16. The smallest absolute Gasteiger partial charge is 0.279 e. The lowest BCUT2D eigenvalue weighted by Gasteiger charge is -2.21. The minimum absolute atomic E-state index is 0.331. The van der Waals surface area contributed by atoms with Gasteiger partial charge in [0.15, 0.2) is 0 Å². The van der Waals surface area contributed by atoms with Crippen molar-refractivity contribution < 1.29 is 10.0 Å². The van der Waals surface area contributed by atoms with Gasteiger partial charge < -0.3 is 5.32 Å². The summed E-state index contributed by atoms with van der Waals surface area (Å²) in [5.74, 6) is -0.497. The van der Waals surface area contributed by atoms with E-state index < -0.39 is 5.91 Å². The largest absolute Gasteiger partial charge is 0.352 e. The number of rotatable bonds is 4. The van der Waals surface area contributed by atoms with Crippen LogP contribution in [0, 0.1) is 6.92 Å². The second-order valence-electron chi connectivity index (χ2n) is 5.47. The van der Waals surface area contributed by atoms with Crippen molar-refractivity contribution >= 4 is 40.5 Å². The third-order valence-corrected chi connectivity index (χ3v) is 4.20. The number of anilines is 2. The van der Waals surface area contributed by atoms with Crippen molar-refractivity contribution in [3.8, 4) is 0 Å². The van der Waals surface area contributed by atoms with Crippen molar-refractivity contribution in [2.45, 2.75) is 26.8 Å². The van der Waals surface area contributed by atoms with E-state index in [1.54, 1.807) is 44.2 Å². The van der Waals surface area contributed by atoms with Crippen LogP contribution in [-0.2, 0) is 0 Å². The van der Waals surface area contributed by atoms with Crippen LogP contribution < -0.4 is 5.32 Å². The highest BCUT2D eigenvalue weighted by Gasteiger charge is 2.20. The summed E-state index contributed by atoms with van der Waals surface area (Å²) >= 11 is 12.5. The van der Waals surface area contributed by atoms with Gasteiger partial charge in [-0.1, -0.05) is 41.4 Å². The number of nitrogens with zero attached hydrogens (tertiary/aromatic N) is 1. The topological polar surface area (TPSA) is 52.6 Å². The second-order valence-corrected chi connectivity index (χ2v) is 6.25. The molecule has 0 atom stereocenters. The van der Waals surface area contributed by atoms with Gasteiger partial charge in [-0.05, 0) is 44.5 Å². The fourth-order valence-corrected chi connectivity index (χ4v) is 2.51. The average molecular weight is 353 g/mol. The number of hydrogen-bond donors (Lipinski definition) is 2. The normalized spacial score (nSPS) is 10.7. The molecule has 122 valence electrons. The van der Waals surface area contributed by atoms with Crippen LogP contribution in [0.5, 0.6) is 0 Å². The number of amides is 1. The van der Waals surface area contributed by atoms with Gasteiger partial charge >= 0.3 is 0 Å². The van der Waals surface area contributed by atoms with E-state index in [-0.39, 0.29) is 6.04 Å². The van der Waals surface area contributed by atoms with Crippen molar-refractivity contribution in [1.82, 2.24) is 5.06 Å². The Kier molecular flexibility index (Phi) is 5.52. The lowest BCUT2D eigenvalue weighted by Crippen LogP contribution is -2.34. The molecular weight excluding hydrogens is 335 g/mol. The molecule has 0 aliphatic carbocycles. The Labute approximate surface area is 145 Å². The molecule has 0 spiro atoms. The van der Waals surface area contributed by atoms with Crippen LogP contribution in [-0.4, -0.2) is 22.2 Å². The zero-order chi connectivity index (χ0) is 17.1. The van der Waals surface area contributed by atoms with Crippen molar-refractivity contribution in [2.24, 2.45) is 0 Å². The molecule has 2 N–H and O–H groups in total. The van der Waals surface area contributed by atoms with Crippen LogP contribution in [0.3, 0.4) is 0 Å². The Bertz CT molecular complexity index is 733. The standard InChI is InChI=1S/C17H18Cl2N2O2/c1-10(2)21(23)17(22)12-6-4-5-7-14(12)20-16-13(18)9-8-11(3)15(16)19/h4-10,20,23H,1-3H3. The van der Waals surface area contributed by atoms with Gasteiger partial charge in [-0.3, -0.25) is 10.0 Å². The molecule has 2 aromatic carbocycles. The molecule has 23 heavy (non-hydrogen) atoms. The number of carbonyl (C=O) groups is 1. The molecule has 0 fully saturated rings. The van der Waals surface area contributed by atoms with Gasteiger partial charge in [0, 0.05) is 0 Å². The van der Waals surface area contributed by atoms with Crippen molar-refractivity contribution in [1.29, 1.82) is 0 Å². The lowest BCUT2D eigenvalue weighted by molar-refractivity contribution is -0.0793. The van der Waals surface area contributed by atoms with Crippen molar-refractivity contribution in [3.05, 3.63) is 57.6 Å². The van der Waals surface area contributed by atoms with E-state index in [0.29, 0.717) is 32.0 Å². The van der Waals surface area contributed by atoms with Crippen LogP contribution in [0.25, 0.3) is 0 Å². The monoisotopic (exact) mass is 352 g/mol. The van der Waals surface area contributed by atoms with E-state index in [1.807, 2.05) is 13.0 Å². The van der Waals surface area contributed by atoms with Gasteiger partial charge in [-0.25, -0.2) is 5.06 Å². The Morgan fingerprint density at radius 2 is 1.83 bits per heavy atom. The number of hydrogen-bond acceptors (Lipinski definition) is 3. The van der Waals surface area contributed by atoms with E-state index in [4.69, 9.17) is 23.2 Å². The zero-order valence-electron chi connectivity index (χ0n) is 13.1. The minimum atomic E-state index is -0.497. The quantitative estimate of drug-likeness (QED) is 0.580. The van der Waals surface area contributed by atoms with E-state index in [9.17, 15) is 10.0 Å². The molecule has 0 radical (unpaired) electrons. The van der Waals surface area contributed by atoms with Gasteiger partial charge in [0.1, 0.15) is 0 Å². The second kappa shape index (κ2) is 7.21. The number of nitrogens with one attached hydrogen (secondary N) is 1. The summed E-state index contributed by atoms with van der Waals surface area (Å²) in [6.07, 6.45) is 0. The van der Waals surface area contributed by atoms with Crippen LogP contribution in [0.4, 0.5) is 11.4 Å². The molecule has 0 heterocycles. The van der Waals surface area contributed by atoms with Gasteiger partial charge in [-0.15, -0.1) is 0 Å². The molecule has 0 aliphatic rings. The molecule has 0 saturated heterocycles. The van der Waals surface area contributed by atoms with Gasteiger partial charge in [-0.2, -0.15) is 0 Å². The molecule has 1 amide bonds. The molecule has 0 saturated carbocycles. The number of carbonyl (C=O) groups excluding carboxylic acids is 1. The molecule has 0 unspecified atom stereocenters. The maximum atomic E-state index is 12.4. The number of benzene rings is 2. The maximum Gasteiger partial charge on any atom is 0.279 e. The van der Waals surface area contributed by atoms with Crippen LogP contribution in [0.2, 0.25) is 10.0 Å². The maximum absolute atomic E-state index is 12.4. The molecular formula is C17H18Cl2N2O2. The molecule has 6 heteroatoms. The number of aryl methyl sites for hydroxylation is 1. The summed E-state index contributed by atoms with van der Waals surface area (Å²) < 4.78 is 0. The van der Waals surface area contributed by atoms with Gasteiger partial charge in [0.2, 0.25) is 0 Å². The Morgan fingerprint density at radius 3 is 2.48 bits per heavy atom. The predicted molar refractivity (Wildman–Crippen MR) is 94.0 cm³/mol. The van der Waals surface area contributed by atoms with E-state index in [0.717, 1.165) is 5.56 Å². The van der Waals surface area contributed by atoms with Crippen LogP contribution >= 0.6 is 23.2 Å². The highest BCUT2D eigenvalue weighted by atomic mass is 35.5. The number of hydroxylamine groups is 2. The first kappa shape index (κ1) is 17.6. The molecule has 4 nitrogen and oxygen atoms in total. The first-order chi connectivity index (χ1) is 10.8. The highest BCUT2D eigenvalue weighted by molar-refractivity contribution is 6.39. The van der Waals surface area contributed by atoms with E-state index >= 15 is 0 Å². The molecule has 2 aromatic rings. The van der Waals surface area contributed by atoms with Crippen LogP contribution in [0.15, 0.2) is 36.4 Å². The third kappa shape index (κ3) is 3.78. The van der Waals surface area contributed by atoms with Gasteiger partial charge in [0.05, 0.1) is 33.0 Å². The molecule has 2 rings (SSSR count). The first-order valence-corrected chi connectivity index (χ1v) is 7.91. The summed E-state index contributed by atoms with van der Waals surface area (Å²) in [6.45, 7) is 5.32. The Morgan fingerprint density at radius 1 is 1.17 bits per heavy atom. The fraction of sp³-hybridized carbons (Fsp3) is 0.235. The summed E-state index contributed by atoms with van der Waals surface area (Å²) in [5.41, 5.74) is 2.25. The summed E-state index contributed by atoms with van der Waals surface area (Å²) in [4.78, 5) is 12.4. The van der Waals surface area contributed by atoms with Crippen LogP contribution in [0.1, 0.15) is 29.8 Å². The lowest BCUT2D eigenvalue weighted by atomic mass is 10.1. The molecule has 0 aliphatic heterocycles. The van der Waals surface area contributed by atoms with Crippen molar-refractivity contribution in [2.75, 3.05) is 5.32 Å². The third-order valence-electron chi connectivity index (χ3n) is 3.40. The minimum Gasteiger partial charge on any atom is -0.352 e.